The van der Waals surface area contributed by atoms with E-state index >= 15 is 0 Å². The van der Waals surface area contributed by atoms with Gasteiger partial charge in [-0.3, -0.25) is 14.6 Å². The summed E-state index contributed by atoms with van der Waals surface area (Å²) in [6, 6.07) is 14.2. The van der Waals surface area contributed by atoms with E-state index in [4.69, 9.17) is 9.72 Å². The number of morpholine rings is 1. The lowest BCUT2D eigenvalue weighted by molar-refractivity contribution is 0.0391. The number of hydrogen-bond donors (Lipinski definition) is 0. The molecule has 2 aromatic carbocycles. The molecule has 4 rings (SSSR count). The number of carbonyl (C=O) groups excluding carboxylic acids is 1. The third kappa shape index (κ3) is 5.03. The smallest absolute Gasteiger partial charge is 0.260 e. The molecular weight excluding hydrogens is 414 g/mol. The molecule has 0 saturated carbocycles. The molecule has 1 aliphatic rings. The monoisotopic (exact) mass is 441 g/mol. The highest BCUT2D eigenvalue weighted by Crippen LogP contribution is 2.30. The Balaban J connectivity index is 1.60. The molecule has 30 heavy (non-hydrogen) atoms. The standard InChI is InChI=1S/C23H27N3O2S2/c1-3-29-19-7-5-18(6-8-19)22(27)26(11-10-25-12-14-28-15-13-25)23-24-20-9-4-17(2)16-21(20)30-23/h4-9,16H,3,10-15H2,1-2H3. The van der Waals surface area contributed by atoms with Crippen molar-refractivity contribution in [2.45, 2.75) is 18.7 Å². The van der Waals surface area contributed by atoms with Gasteiger partial charge in [0.2, 0.25) is 0 Å². The molecule has 2 heterocycles. The molecule has 1 saturated heterocycles. The quantitative estimate of drug-likeness (QED) is 0.498. The van der Waals surface area contributed by atoms with Gasteiger partial charge >= 0.3 is 0 Å². The van der Waals surface area contributed by atoms with Crippen molar-refractivity contribution in [3.05, 3.63) is 53.6 Å². The van der Waals surface area contributed by atoms with Gasteiger partial charge in [-0.05, 0) is 54.6 Å². The molecule has 1 amide bonds. The van der Waals surface area contributed by atoms with Crippen LogP contribution < -0.4 is 4.90 Å². The molecule has 0 radical (unpaired) electrons. The van der Waals surface area contributed by atoms with Crippen LogP contribution in [0.25, 0.3) is 10.2 Å². The average molecular weight is 442 g/mol. The number of thiazole rings is 1. The first kappa shape index (κ1) is 21.3. The first-order chi connectivity index (χ1) is 14.6. The maximum atomic E-state index is 13.5. The number of aryl methyl sites for hydroxylation is 1. The molecule has 5 nitrogen and oxygen atoms in total. The number of carbonyl (C=O) groups is 1. The summed E-state index contributed by atoms with van der Waals surface area (Å²) < 4.78 is 6.57. The van der Waals surface area contributed by atoms with Gasteiger partial charge in [0.25, 0.3) is 5.91 Å². The van der Waals surface area contributed by atoms with Gasteiger partial charge in [-0.25, -0.2) is 4.98 Å². The summed E-state index contributed by atoms with van der Waals surface area (Å²) >= 11 is 3.37. The fourth-order valence-corrected chi connectivity index (χ4v) is 5.25. The number of aromatic nitrogens is 1. The minimum atomic E-state index is 0.00656. The second-order valence-corrected chi connectivity index (χ2v) is 9.68. The molecule has 7 heteroatoms. The molecule has 0 spiro atoms. The molecule has 1 fully saturated rings. The zero-order valence-corrected chi connectivity index (χ0v) is 19.1. The zero-order valence-electron chi connectivity index (χ0n) is 17.5. The van der Waals surface area contributed by atoms with Crippen molar-refractivity contribution in [3.63, 3.8) is 0 Å². The largest absolute Gasteiger partial charge is 0.379 e. The van der Waals surface area contributed by atoms with Crippen molar-refractivity contribution >= 4 is 44.4 Å². The van der Waals surface area contributed by atoms with E-state index in [0.717, 1.165) is 53.9 Å². The van der Waals surface area contributed by atoms with Gasteiger partial charge in [0.1, 0.15) is 0 Å². The van der Waals surface area contributed by atoms with Crippen LogP contribution in [0, 0.1) is 6.92 Å². The van der Waals surface area contributed by atoms with E-state index in [1.54, 1.807) is 23.1 Å². The van der Waals surface area contributed by atoms with E-state index < -0.39 is 0 Å². The number of rotatable bonds is 7. The summed E-state index contributed by atoms with van der Waals surface area (Å²) in [5.74, 6) is 1.02. The average Bonchev–Trinajstić information content (AvgIpc) is 3.18. The first-order valence-corrected chi connectivity index (χ1v) is 12.2. The maximum Gasteiger partial charge on any atom is 0.260 e. The number of thioether (sulfide) groups is 1. The Morgan fingerprint density at radius 2 is 1.97 bits per heavy atom. The van der Waals surface area contributed by atoms with E-state index in [0.29, 0.717) is 12.1 Å². The summed E-state index contributed by atoms with van der Waals surface area (Å²) in [6.45, 7) is 8.96. The van der Waals surface area contributed by atoms with Gasteiger partial charge in [0.05, 0.1) is 23.4 Å². The van der Waals surface area contributed by atoms with Crippen LogP contribution in [0.1, 0.15) is 22.8 Å². The topological polar surface area (TPSA) is 45.7 Å². The number of amides is 1. The molecule has 0 unspecified atom stereocenters. The summed E-state index contributed by atoms with van der Waals surface area (Å²) in [7, 11) is 0. The number of benzene rings is 2. The van der Waals surface area contributed by atoms with E-state index in [2.05, 4.69) is 30.9 Å². The Morgan fingerprint density at radius 1 is 1.20 bits per heavy atom. The van der Waals surface area contributed by atoms with Crippen molar-refractivity contribution in [3.8, 4) is 0 Å². The fraction of sp³-hybridized carbons (Fsp3) is 0.391. The second-order valence-electron chi connectivity index (χ2n) is 7.34. The van der Waals surface area contributed by atoms with Crippen molar-refractivity contribution in [2.24, 2.45) is 0 Å². The Kier molecular flexibility index (Phi) is 7.04. The normalized spacial score (nSPS) is 14.9. The van der Waals surface area contributed by atoms with Gasteiger partial charge in [0, 0.05) is 36.6 Å². The van der Waals surface area contributed by atoms with Crippen LogP contribution in [0.4, 0.5) is 5.13 Å². The second kappa shape index (κ2) is 9.92. The lowest BCUT2D eigenvalue weighted by atomic mass is 10.2. The van der Waals surface area contributed by atoms with Crippen molar-refractivity contribution in [1.82, 2.24) is 9.88 Å². The number of ether oxygens (including phenoxy) is 1. The Morgan fingerprint density at radius 3 is 2.70 bits per heavy atom. The van der Waals surface area contributed by atoms with Crippen LogP contribution in [-0.4, -0.2) is 60.9 Å². The molecule has 158 valence electrons. The lowest BCUT2D eigenvalue weighted by Gasteiger charge is -2.29. The number of fused-ring (bicyclic) bond motifs is 1. The minimum Gasteiger partial charge on any atom is -0.379 e. The van der Waals surface area contributed by atoms with Crippen LogP contribution in [0.5, 0.6) is 0 Å². The van der Waals surface area contributed by atoms with E-state index in [-0.39, 0.29) is 5.91 Å². The van der Waals surface area contributed by atoms with Gasteiger partial charge in [-0.15, -0.1) is 11.8 Å². The number of anilines is 1. The van der Waals surface area contributed by atoms with Gasteiger partial charge in [-0.1, -0.05) is 24.3 Å². The lowest BCUT2D eigenvalue weighted by Crippen LogP contribution is -2.43. The molecule has 3 aromatic rings. The zero-order chi connectivity index (χ0) is 20.9. The van der Waals surface area contributed by atoms with Crippen LogP contribution in [0.3, 0.4) is 0 Å². The molecule has 0 atom stereocenters. The van der Waals surface area contributed by atoms with Crippen LogP contribution in [0.2, 0.25) is 0 Å². The van der Waals surface area contributed by atoms with Gasteiger partial charge in [0.15, 0.2) is 5.13 Å². The molecular formula is C23H27N3O2S2. The molecule has 0 aliphatic carbocycles. The third-order valence-electron chi connectivity index (χ3n) is 5.16. The fourth-order valence-electron chi connectivity index (χ4n) is 3.50. The molecule has 1 aliphatic heterocycles. The van der Waals surface area contributed by atoms with E-state index in [9.17, 15) is 4.79 Å². The van der Waals surface area contributed by atoms with E-state index in [1.807, 2.05) is 35.2 Å². The maximum absolute atomic E-state index is 13.5. The van der Waals surface area contributed by atoms with Crippen molar-refractivity contribution < 1.29 is 9.53 Å². The molecule has 0 bridgehead atoms. The Bertz CT molecular complexity index is 997. The number of hydrogen-bond acceptors (Lipinski definition) is 6. The third-order valence-corrected chi connectivity index (χ3v) is 7.10. The predicted octanol–water partition coefficient (Wildman–Crippen LogP) is 4.70. The van der Waals surface area contributed by atoms with E-state index in [1.165, 1.54) is 10.5 Å². The van der Waals surface area contributed by atoms with Crippen LogP contribution >= 0.6 is 23.1 Å². The van der Waals surface area contributed by atoms with Gasteiger partial charge in [-0.2, -0.15) is 0 Å². The van der Waals surface area contributed by atoms with Crippen molar-refractivity contribution in [2.75, 3.05) is 50.0 Å². The predicted molar refractivity (Wildman–Crippen MR) is 126 cm³/mol. The van der Waals surface area contributed by atoms with Gasteiger partial charge < -0.3 is 4.74 Å². The highest BCUT2D eigenvalue weighted by atomic mass is 32.2. The van der Waals surface area contributed by atoms with Crippen LogP contribution in [0.15, 0.2) is 47.4 Å². The van der Waals surface area contributed by atoms with Crippen LogP contribution in [-0.2, 0) is 4.74 Å². The highest BCUT2D eigenvalue weighted by molar-refractivity contribution is 7.99. The molecule has 0 N–H and O–H groups in total. The molecule has 1 aromatic heterocycles. The summed E-state index contributed by atoms with van der Waals surface area (Å²) in [6.07, 6.45) is 0. The van der Waals surface area contributed by atoms with Crippen molar-refractivity contribution in [1.29, 1.82) is 0 Å². The SMILES string of the molecule is CCSc1ccc(C(=O)N(CCN2CCOCC2)c2nc3ccc(C)cc3s2)cc1. The Labute approximate surface area is 186 Å². The summed E-state index contributed by atoms with van der Waals surface area (Å²) in [5.41, 5.74) is 2.85. The highest BCUT2D eigenvalue weighted by Gasteiger charge is 2.23. The first-order valence-electron chi connectivity index (χ1n) is 10.4. The minimum absolute atomic E-state index is 0.00656. The summed E-state index contributed by atoms with van der Waals surface area (Å²) in [4.78, 5) is 23.6. The summed E-state index contributed by atoms with van der Waals surface area (Å²) in [5, 5.41) is 0.765. The number of nitrogens with zero attached hydrogens (tertiary/aromatic N) is 3. The Hall–Kier alpha value is -1.93.